The molecule has 0 bridgehead atoms. The van der Waals surface area contributed by atoms with E-state index >= 15 is 0 Å². The summed E-state index contributed by atoms with van der Waals surface area (Å²) in [5.74, 6) is 1.41. The van der Waals surface area contributed by atoms with Gasteiger partial charge in [-0.2, -0.15) is 0 Å². The van der Waals surface area contributed by atoms with Gasteiger partial charge in [-0.15, -0.1) is 0 Å². The predicted molar refractivity (Wildman–Crippen MR) is 75.6 cm³/mol. The van der Waals surface area contributed by atoms with Crippen LogP contribution >= 0.6 is 0 Å². The van der Waals surface area contributed by atoms with Crippen molar-refractivity contribution in [2.45, 2.75) is 51.5 Å². The Kier molecular flexibility index (Phi) is 4.54. The first-order valence-electron chi connectivity index (χ1n) is 7.33. The van der Waals surface area contributed by atoms with Gasteiger partial charge >= 0.3 is 0 Å². The summed E-state index contributed by atoms with van der Waals surface area (Å²) in [6.07, 6.45) is 5.63. The maximum absolute atomic E-state index is 12.2. The summed E-state index contributed by atoms with van der Waals surface area (Å²) >= 11 is 0. The monoisotopic (exact) mass is 287 g/mol. The highest BCUT2D eigenvalue weighted by Crippen LogP contribution is 2.28. The highest BCUT2D eigenvalue weighted by atomic mass is 32.2. The normalized spacial score (nSPS) is 34.1. The van der Waals surface area contributed by atoms with Gasteiger partial charge < -0.3 is 4.90 Å². The molecular formula is C14H25NO3S. The molecule has 1 saturated carbocycles. The highest BCUT2D eigenvalue weighted by molar-refractivity contribution is 7.91. The van der Waals surface area contributed by atoms with E-state index in [9.17, 15) is 13.2 Å². The van der Waals surface area contributed by atoms with Crippen molar-refractivity contribution in [3.63, 3.8) is 0 Å². The molecule has 2 rings (SSSR count). The van der Waals surface area contributed by atoms with Gasteiger partial charge in [0.1, 0.15) is 0 Å². The number of sulfone groups is 1. The van der Waals surface area contributed by atoms with Crippen LogP contribution in [0.2, 0.25) is 0 Å². The lowest BCUT2D eigenvalue weighted by Gasteiger charge is -2.34. The molecule has 0 aromatic carbocycles. The molecule has 1 aliphatic heterocycles. The summed E-state index contributed by atoms with van der Waals surface area (Å²) in [7, 11) is -0.988. The molecule has 0 N–H and O–H groups in total. The minimum atomic E-state index is -2.87. The maximum Gasteiger partial charge on any atom is 0.222 e. The standard InChI is InChI=1S/C14H25NO3S/c1-11-3-5-13(6-4-11)15(2)14(16)9-12-7-8-19(17,18)10-12/h11-13H,3-10H2,1-2H3/t11?,12-,13?/m0/s1. The van der Waals surface area contributed by atoms with Crippen LogP contribution in [0.3, 0.4) is 0 Å². The molecule has 2 aliphatic rings. The fourth-order valence-corrected chi connectivity index (χ4v) is 5.12. The van der Waals surface area contributed by atoms with Crippen molar-refractivity contribution < 1.29 is 13.2 Å². The van der Waals surface area contributed by atoms with Crippen molar-refractivity contribution >= 4 is 15.7 Å². The number of rotatable bonds is 3. The molecule has 1 amide bonds. The molecule has 1 heterocycles. The fraction of sp³-hybridized carbons (Fsp3) is 0.929. The third kappa shape index (κ3) is 3.94. The second kappa shape index (κ2) is 5.81. The van der Waals surface area contributed by atoms with Crippen LogP contribution in [-0.4, -0.2) is 43.8 Å². The first-order chi connectivity index (χ1) is 8.87. The van der Waals surface area contributed by atoms with Crippen molar-refractivity contribution in [3.8, 4) is 0 Å². The van der Waals surface area contributed by atoms with Gasteiger partial charge in [-0.3, -0.25) is 4.79 Å². The minimum Gasteiger partial charge on any atom is -0.343 e. The van der Waals surface area contributed by atoms with Crippen molar-refractivity contribution in [1.82, 2.24) is 4.90 Å². The summed E-state index contributed by atoms with van der Waals surface area (Å²) in [6, 6.07) is 0.363. The molecule has 19 heavy (non-hydrogen) atoms. The van der Waals surface area contributed by atoms with Crippen LogP contribution in [0.15, 0.2) is 0 Å². The summed E-state index contributed by atoms with van der Waals surface area (Å²) in [6.45, 7) is 2.27. The van der Waals surface area contributed by atoms with E-state index in [-0.39, 0.29) is 23.3 Å². The van der Waals surface area contributed by atoms with Crippen LogP contribution in [-0.2, 0) is 14.6 Å². The molecule has 0 unspecified atom stereocenters. The molecule has 2 fully saturated rings. The topological polar surface area (TPSA) is 54.5 Å². The average Bonchev–Trinajstić information content (AvgIpc) is 2.68. The maximum atomic E-state index is 12.2. The highest BCUT2D eigenvalue weighted by Gasteiger charge is 2.32. The Hall–Kier alpha value is -0.580. The molecule has 1 saturated heterocycles. The van der Waals surface area contributed by atoms with Crippen LogP contribution in [0.5, 0.6) is 0 Å². The lowest BCUT2D eigenvalue weighted by Crippen LogP contribution is -2.40. The first kappa shape index (κ1) is 14.8. The molecule has 0 aromatic heterocycles. The quantitative estimate of drug-likeness (QED) is 0.796. The van der Waals surface area contributed by atoms with E-state index in [0.717, 1.165) is 18.8 Å². The number of amides is 1. The second-order valence-electron chi connectivity index (χ2n) is 6.39. The zero-order valence-corrected chi connectivity index (χ0v) is 12.8. The van der Waals surface area contributed by atoms with Crippen LogP contribution in [0.25, 0.3) is 0 Å². The van der Waals surface area contributed by atoms with Crippen molar-refractivity contribution in [1.29, 1.82) is 0 Å². The Morgan fingerprint density at radius 2 is 1.79 bits per heavy atom. The first-order valence-corrected chi connectivity index (χ1v) is 9.15. The van der Waals surface area contributed by atoms with E-state index in [4.69, 9.17) is 0 Å². The molecule has 4 nitrogen and oxygen atoms in total. The van der Waals surface area contributed by atoms with Gasteiger partial charge in [0.25, 0.3) is 0 Å². The van der Waals surface area contributed by atoms with Gasteiger partial charge in [-0.1, -0.05) is 6.92 Å². The molecular weight excluding hydrogens is 262 g/mol. The molecule has 0 spiro atoms. The van der Waals surface area contributed by atoms with Crippen LogP contribution in [0.1, 0.15) is 45.4 Å². The van der Waals surface area contributed by atoms with Crippen LogP contribution < -0.4 is 0 Å². The summed E-state index contributed by atoms with van der Waals surface area (Å²) in [4.78, 5) is 14.1. The summed E-state index contributed by atoms with van der Waals surface area (Å²) < 4.78 is 22.8. The Morgan fingerprint density at radius 3 is 2.32 bits per heavy atom. The zero-order chi connectivity index (χ0) is 14.0. The molecule has 0 radical (unpaired) electrons. The Labute approximate surface area is 116 Å². The number of carbonyl (C=O) groups is 1. The third-order valence-corrected chi connectivity index (χ3v) is 6.55. The van der Waals surface area contributed by atoms with E-state index in [1.165, 1.54) is 12.8 Å². The molecule has 5 heteroatoms. The fourth-order valence-electron chi connectivity index (χ4n) is 3.26. The largest absolute Gasteiger partial charge is 0.343 e. The average molecular weight is 287 g/mol. The summed E-state index contributed by atoms with van der Waals surface area (Å²) in [5, 5.41) is 0. The van der Waals surface area contributed by atoms with E-state index in [0.29, 0.717) is 18.9 Å². The minimum absolute atomic E-state index is 0.0439. The molecule has 1 atom stereocenters. The van der Waals surface area contributed by atoms with E-state index in [1.54, 1.807) is 0 Å². The molecule has 110 valence electrons. The van der Waals surface area contributed by atoms with Crippen molar-refractivity contribution in [3.05, 3.63) is 0 Å². The van der Waals surface area contributed by atoms with E-state index < -0.39 is 9.84 Å². The number of nitrogens with zero attached hydrogens (tertiary/aromatic N) is 1. The van der Waals surface area contributed by atoms with Crippen LogP contribution in [0.4, 0.5) is 0 Å². The Morgan fingerprint density at radius 1 is 1.16 bits per heavy atom. The smallest absolute Gasteiger partial charge is 0.222 e. The van der Waals surface area contributed by atoms with Gasteiger partial charge in [0.2, 0.25) is 5.91 Å². The van der Waals surface area contributed by atoms with Crippen molar-refractivity contribution in [2.24, 2.45) is 11.8 Å². The van der Waals surface area contributed by atoms with E-state index in [1.807, 2.05) is 11.9 Å². The van der Waals surface area contributed by atoms with Gasteiger partial charge in [0, 0.05) is 19.5 Å². The molecule has 0 aromatic rings. The lowest BCUT2D eigenvalue weighted by molar-refractivity contribution is -0.133. The number of hydrogen-bond donors (Lipinski definition) is 0. The summed E-state index contributed by atoms with van der Waals surface area (Å²) in [5.41, 5.74) is 0. The zero-order valence-electron chi connectivity index (χ0n) is 12.0. The number of carbonyl (C=O) groups excluding carboxylic acids is 1. The second-order valence-corrected chi connectivity index (χ2v) is 8.62. The number of hydrogen-bond acceptors (Lipinski definition) is 3. The SMILES string of the molecule is CC1CCC(N(C)C(=O)C[C@@H]2CCS(=O)(=O)C2)CC1. The third-order valence-electron chi connectivity index (χ3n) is 4.72. The predicted octanol–water partition coefficient (Wildman–Crippen LogP) is 1.85. The lowest BCUT2D eigenvalue weighted by atomic mass is 9.86. The van der Waals surface area contributed by atoms with Gasteiger partial charge in [0.15, 0.2) is 9.84 Å². The van der Waals surface area contributed by atoms with Crippen LogP contribution in [0, 0.1) is 11.8 Å². The Bertz CT molecular complexity index is 424. The van der Waals surface area contributed by atoms with Gasteiger partial charge in [0.05, 0.1) is 11.5 Å². The van der Waals surface area contributed by atoms with Gasteiger partial charge in [-0.25, -0.2) is 8.42 Å². The van der Waals surface area contributed by atoms with E-state index in [2.05, 4.69) is 6.92 Å². The van der Waals surface area contributed by atoms with Gasteiger partial charge in [-0.05, 0) is 43.9 Å². The Balaban J connectivity index is 1.83. The molecule has 1 aliphatic carbocycles. The van der Waals surface area contributed by atoms with Crippen molar-refractivity contribution in [2.75, 3.05) is 18.6 Å².